The van der Waals surface area contributed by atoms with Crippen molar-refractivity contribution in [3.63, 3.8) is 0 Å². The lowest BCUT2D eigenvalue weighted by molar-refractivity contribution is 0.114. The fraction of sp³-hybridized carbons (Fsp3) is 0.600. The second kappa shape index (κ2) is 6.35. The van der Waals surface area contributed by atoms with Gasteiger partial charge in [0.25, 0.3) is 0 Å². The zero-order valence-corrected chi connectivity index (χ0v) is 11.3. The molecule has 0 aromatic heterocycles. The number of nitrogens with one attached hydrogen (secondary N) is 1. The standard InChI is InChI=1S/C15H22FNO2/c1-10(12-8-7-11(16)9-15(12)19)17-13-5-3-2-4-6-14(13)18/h7-10,13-14,17-19H,2-6H2,1H3. The van der Waals surface area contributed by atoms with Gasteiger partial charge in [-0.05, 0) is 25.8 Å². The van der Waals surface area contributed by atoms with Crippen LogP contribution in [0.4, 0.5) is 4.39 Å². The molecule has 0 spiro atoms. The van der Waals surface area contributed by atoms with E-state index in [9.17, 15) is 14.6 Å². The van der Waals surface area contributed by atoms with E-state index in [0.717, 1.165) is 38.2 Å². The van der Waals surface area contributed by atoms with Gasteiger partial charge in [-0.25, -0.2) is 4.39 Å². The van der Waals surface area contributed by atoms with Gasteiger partial charge in [-0.15, -0.1) is 0 Å². The van der Waals surface area contributed by atoms with Crippen LogP contribution in [0.25, 0.3) is 0 Å². The molecule has 0 amide bonds. The van der Waals surface area contributed by atoms with Crippen LogP contribution >= 0.6 is 0 Å². The Hall–Kier alpha value is -1.13. The minimum Gasteiger partial charge on any atom is -0.508 e. The molecule has 1 aliphatic carbocycles. The minimum absolute atomic E-state index is 0.0388. The van der Waals surface area contributed by atoms with Gasteiger partial charge < -0.3 is 15.5 Å². The van der Waals surface area contributed by atoms with E-state index in [2.05, 4.69) is 5.32 Å². The largest absolute Gasteiger partial charge is 0.508 e. The molecule has 2 rings (SSSR count). The van der Waals surface area contributed by atoms with E-state index in [1.54, 1.807) is 6.07 Å². The number of phenolic OH excluding ortho intramolecular Hbond substituents is 1. The first-order valence-electron chi connectivity index (χ1n) is 7.00. The van der Waals surface area contributed by atoms with Gasteiger partial charge in [0.1, 0.15) is 11.6 Å². The van der Waals surface area contributed by atoms with E-state index >= 15 is 0 Å². The number of benzene rings is 1. The summed E-state index contributed by atoms with van der Waals surface area (Å²) >= 11 is 0. The number of hydrogen-bond acceptors (Lipinski definition) is 3. The van der Waals surface area contributed by atoms with Crippen LogP contribution in [0, 0.1) is 5.82 Å². The molecular formula is C15H22FNO2. The molecule has 0 bridgehead atoms. The summed E-state index contributed by atoms with van der Waals surface area (Å²) in [5.41, 5.74) is 0.665. The Labute approximate surface area is 113 Å². The molecule has 1 aliphatic rings. The number of hydrogen-bond donors (Lipinski definition) is 3. The molecule has 3 N–H and O–H groups in total. The van der Waals surface area contributed by atoms with E-state index in [1.807, 2.05) is 6.92 Å². The van der Waals surface area contributed by atoms with E-state index in [4.69, 9.17) is 0 Å². The molecule has 0 heterocycles. The second-order valence-corrected chi connectivity index (χ2v) is 5.40. The number of phenols is 1. The summed E-state index contributed by atoms with van der Waals surface area (Å²) in [6, 6.07) is 3.99. The summed E-state index contributed by atoms with van der Waals surface area (Å²) in [6.07, 6.45) is 4.75. The van der Waals surface area contributed by atoms with Crippen LogP contribution in [0.2, 0.25) is 0 Å². The van der Waals surface area contributed by atoms with E-state index in [1.165, 1.54) is 6.07 Å². The summed E-state index contributed by atoms with van der Waals surface area (Å²) in [5.74, 6) is -0.480. The molecule has 3 unspecified atom stereocenters. The Morgan fingerprint density at radius 1 is 1.26 bits per heavy atom. The Morgan fingerprint density at radius 3 is 2.74 bits per heavy atom. The molecular weight excluding hydrogens is 245 g/mol. The molecule has 0 aliphatic heterocycles. The van der Waals surface area contributed by atoms with Crippen molar-refractivity contribution < 1.29 is 14.6 Å². The summed E-state index contributed by atoms with van der Waals surface area (Å²) in [4.78, 5) is 0. The maximum Gasteiger partial charge on any atom is 0.126 e. The van der Waals surface area contributed by atoms with E-state index < -0.39 is 5.82 Å². The highest BCUT2D eigenvalue weighted by molar-refractivity contribution is 5.35. The molecule has 4 heteroatoms. The molecule has 3 atom stereocenters. The zero-order chi connectivity index (χ0) is 13.8. The van der Waals surface area contributed by atoms with Crippen LogP contribution in [0.5, 0.6) is 5.75 Å². The first kappa shape index (κ1) is 14.3. The molecule has 1 aromatic rings. The average Bonchev–Trinajstić information content (AvgIpc) is 2.55. The zero-order valence-electron chi connectivity index (χ0n) is 11.3. The fourth-order valence-electron chi connectivity index (χ4n) is 2.78. The number of halogens is 1. The van der Waals surface area contributed by atoms with Crippen LogP contribution in [0.15, 0.2) is 18.2 Å². The van der Waals surface area contributed by atoms with Gasteiger partial charge in [0.2, 0.25) is 0 Å². The van der Waals surface area contributed by atoms with Gasteiger partial charge in [-0.2, -0.15) is 0 Å². The van der Waals surface area contributed by atoms with Crippen LogP contribution < -0.4 is 5.32 Å². The quantitative estimate of drug-likeness (QED) is 0.738. The van der Waals surface area contributed by atoms with Crippen LogP contribution in [-0.4, -0.2) is 22.4 Å². The number of rotatable bonds is 3. The highest BCUT2D eigenvalue weighted by Crippen LogP contribution is 2.27. The Kier molecular flexibility index (Phi) is 4.77. The maximum atomic E-state index is 13.0. The van der Waals surface area contributed by atoms with Gasteiger partial charge in [0.05, 0.1) is 6.10 Å². The van der Waals surface area contributed by atoms with Crippen molar-refractivity contribution in [2.75, 3.05) is 0 Å². The predicted octanol–water partition coefficient (Wildman–Crippen LogP) is 2.88. The van der Waals surface area contributed by atoms with Gasteiger partial charge >= 0.3 is 0 Å². The molecule has 0 radical (unpaired) electrons. The number of aromatic hydroxyl groups is 1. The molecule has 19 heavy (non-hydrogen) atoms. The Morgan fingerprint density at radius 2 is 2.00 bits per heavy atom. The van der Waals surface area contributed by atoms with Gasteiger partial charge in [-0.1, -0.05) is 25.3 Å². The summed E-state index contributed by atoms with van der Waals surface area (Å²) in [6.45, 7) is 1.92. The van der Waals surface area contributed by atoms with Crippen LogP contribution in [-0.2, 0) is 0 Å². The topological polar surface area (TPSA) is 52.5 Å². The normalized spacial score (nSPS) is 25.8. The predicted molar refractivity (Wildman–Crippen MR) is 72.5 cm³/mol. The number of aliphatic hydroxyl groups excluding tert-OH is 1. The third-order valence-electron chi connectivity index (χ3n) is 3.90. The second-order valence-electron chi connectivity index (χ2n) is 5.40. The highest BCUT2D eigenvalue weighted by atomic mass is 19.1. The maximum absolute atomic E-state index is 13.0. The lowest BCUT2D eigenvalue weighted by atomic mass is 10.0. The molecule has 1 aromatic carbocycles. The van der Waals surface area contributed by atoms with Crippen molar-refractivity contribution in [1.82, 2.24) is 5.32 Å². The molecule has 1 fully saturated rings. The van der Waals surface area contributed by atoms with Crippen LogP contribution in [0.3, 0.4) is 0 Å². The smallest absolute Gasteiger partial charge is 0.126 e. The van der Waals surface area contributed by atoms with Crippen molar-refractivity contribution in [3.8, 4) is 5.75 Å². The summed E-state index contributed by atoms with van der Waals surface area (Å²) in [5, 5.41) is 23.2. The SMILES string of the molecule is CC(NC1CCCCCC1O)c1ccc(F)cc1O. The van der Waals surface area contributed by atoms with E-state index in [0.29, 0.717) is 5.56 Å². The van der Waals surface area contributed by atoms with Crippen molar-refractivity contribution in [2.45, 2.75) is 57.2 Å². The first-order chi connectivity index (χ1) is 9.08. The molecule has 0 saturated heterocycles. The van der Waals surface area contributed by atoms with Crippen molar-refractivity contribution in [3.05, 3.63) is 29.6 Å². The first-order valence-corrected chi connectivity index (χ1v) is 7.00. The van der Waals surface area contributed by atoms with Crippen molar-refractivity contribution in [2.24, 2.45) is 0 Å². The average molecular weight is 267 g/mol. The fourth-order valence-corrected chi connectivity index (χ4v) is 2.78. The van der Waals surface area contributed by atoms with E-state index in [-0.39, 0.29) is 23.9 Å². The highest BCUT2D eigenvalue weighted by Gasteiger charge is 2.24. The molecule has 106 valence electrons. The molecule has 3 nitrogen and oxygen atoms in total. The lowest BCUT2D eigenvalue weighted by Gasteiger charge is -2.26. The summed E-state index contributed by atoms with van der Waals surface area (Å²) < 4.78 is 13.0. The van der Waals surface area contributed by atoms with Crippen molar-refractivity contribution in [1.29, 1.82) is 0 Å². The van der Waals surface area contributed by atoms with Crippen molar-refractivity contribution >= 4 is 0 Å². The monoisotopic (exact) mass is 267 g/mol. The Balaban J connectivity index is 2.04. The molecule has 1 saturated carbocycles. The lowest BCUT2D eigenvalue weighted by Crippen LogP contribution is -2.40. The van der Waals surface area contributed by atoms with Crippen LogP contribution in [0.1, 0.15) is 50.6 Å². The van der Waals surface area contributed by atoms with Gasteiger partial charge in [0, 0.05) is 23.7 Å². The Bertz CT molecular complexity index is 425. The summed E-state index contributed by atoms with van der Waals surface area (Å²) in [7, 11) is 0. The third kappa shape index (κ3) is 3.67. The van der Waals surface area contributed by atoms with Gasteiger partial charge in [-0.3, -0.25) is 0 Å². The number of aliphatic hydroxyl groups is 1. The van der Waals surface area contributed by atoms with Gasteiger partial charge in [0.15, 0.2) is 0 Å². The minimum atomic E-state index is -0.442. The third-order valence-corrected chi connectivity index (χ3v) is 3.90.